The second kappa shape index (κ2) is 6.34. The molecule has 2 rings (SSSR count). The SMILES string of the molecule is C/C(=C\C(=O)c1ccc(Br)cc1)Nc1ccccc1. The first-order valence-corrected chi connectivity index (χ1v) is 6.75. The van der Waals surface area contributed by atoms with E-state index in [1.807, 2.05) is 49.4 Å². The van der Waals surface area contributed by atoms with Crippen LogP contribution in [0.25, 0.3) is 0 Å². The highest BCUT2D eigenvalue weighted by Gasteiger charge is 2.03. The lowest BCUT2D eigenvalue weighted by Crippen LogP contribution is -2.01. The summed E-state index contributed by atoms with van der Waals surface area (Å²) in [7, 11) is 0. The molecule has 1 N–H and O–H groups in total. The monoisotopic (exact) mass is 315 g/mol. The van der Waals surface area contributed by atoms with Gasteiger partial charge in [0.1, 0.15) is 0 Å². The molecule has 0 amide bonds. The number of para-hydroxylation sites is 1. The Morgan fingerprint density at radius 3 is 2.32 bits per heavy atom. The molecule has 0 unspecified atom stereocenters. The van der Waals surface area contributed by atoms with Crippen LogP contribution in [0, 0.1) is 0 Å². The molecule has 2 aromatic rings. The van der Waals surface area contributed by atoms with Crippen molar-refractivity contribution in [2.45, 2.75) is 6.92 Å². The van der Waals surface area contributed by atoms with Gasteiger partial charge in [-0.15, -0.1) is 0 Å². The van der Waals surface area contributed by atoms with Gasteiger partial charge in [-0.3, -0.25) is 4.79 Å². The second-order valence-electron chi connectivity index (χ2n) is 4.19. The summed E-state index contributed by atoms with van der Waals surface area (Å²) in [6.07, 6.45) is 1.61. The summed E-state index contributed by atoms with van der Waals surface area (Å²) >= 11 is 3.35. The lowest BCUT2D eigenvalue weighted by Gasteiger charge is -2.06. The number of nitrogens with one attached hydrogen (secondary N) is 1. The predicted octanol–water partition coefficient (Wildman–Crippen LogP) is 4.65. The molecule has 0 spiro atoms. The summed E-state index contributed by atoms with van der Waals surface area (Å²) in [6, 6.07) is 17.1. The lowest BCUT2D eigenvalue weighted by molar-refractivity contribution is 0.104. The fourth-order valence-corrected chi connectivity index (χ4v) is 1.94. The van der Waals surface area contributed by atoms with Gasteiger partial charge in [0.05, 0.1) is 0 Å². The maximum absolute atomic E-state index is 12.0. The van der Waals surface area contributed by atoms with E-state index in [1.54, 1.807) is 18.2 Å². The fraction of sp³-hybridized carbons (Fsp3) is 0.0625. The molecule has 96 valence electrons. The quantitative estimate of drug-likeness (QED) is 0.657. The molecule has 3 heteroatoms. The molecule has 0 saturated carbocycles. The molecule has 0 atom stereocenters. The van der Waals surface area contributed by atoms with Crippen molar-refractivity contribution in [3.8, 4) is 0 Å². The van der Waals surface area contributed by atoms with Gasteiger partial charge in [-0.2, -0.15) is 0 Å². The number of allylic oxidation sites excluding steroid dienone is 2. The Labute approximate surface area is 121 Å². The zero-order valence-electron chi connectivity index (χ0n) is 10.6. The van der Waals surface area contributed by atoms with Crippen LogP contribution < -0.4 is 5.32 Å². The Morgan fingerprint density at radius 1 is 1.05 bits per heavy atom. The molecule has 0 aromatic heterocycles. The minimum Gasteiger partial charge on any atom is -0.359 e. The van der Waals surface area contributed by atoms with Gasteiger partial charge < -0.3 is 5.32 Å². The Balaban J connectivity index is 2.08. The Morgan fingerprint density at radius 2 is 1.68 bits per heavy atom. The number of carbonyl (C=O) groups excluding carboxylic acids is 1. The molecule has 0 bridgehead atoms. The first kappa shape index (κ1) is 13.6. The van der Waals surface area contributed by atoms with Crippen LogP contribution in [0.1, 0.15) is 17.3 Å². The Kier molecular flexibility index (Phi) is 4.53. The van der Waals surface area contributed by atoms with Crippen LogP contribution in [-0.4, -0.2) is 5.78 Å². The summed E-state index contributed by atoms with van der Waals surface area (Å²) in [5.74, 6) is -0.00608. The fourth-order valence-electron chi connectivity index (χ4n) is 1.68. The minimum absolute atomic E-state index is 0.00608. The van der Waals surface area contributed by atoms with Gasteiger partial charge in [0.15, 0.2) is 5.78 Å². The maximum Gasteiger partial charge on any atom is 0.187 e. The number of halogens is 1. The van der Waals surface area contributed by atoms with Crippen LogP contribution in [0.3, 0.4) is 0 Å². The standard InChI is InChI=1S/C16H14BrNO/c1-12(18-15-5-3-2-4-6-15)11-16(19)13-7-9-14(17)10-8-13/h2-11,18H,1H3/b12-11+. The first-order chi connectivity index (χ1) is 9.15. The number of benzene rings is 2. The number of hydrogen-bond acceptors (Lipinski definition) is 2. The average molecular weight is 316 g/mol. The largest absolute Gasteiger partial charge is 0.359 e. The lowest BCUT2D eigenvalue weighted by atomic mass is 10.1. The van der Waals surface area contributed by atoms with Crippen molar-refractivity contribution in [2.24, 2.45) is 0 Å². The van der Waals surface area contributed by atoms with E-state index in [0.29, 0.717) is 5.56 Å². The van der Waals surface area contributed by atoms with Crippen LogP contribution in [0.5, 0.6) is 0 Å². The highest BCUT2D eigenvalue weighted by molar-refractivity contribution is 9.10. The third-order valence-electron chi connectivity index (χ3n) is 2.59. The molecular weight excluding hydrogens is 302 g/mol. The summed E-state index contributed by atoms with van der Waals surface area (Å²) < 4.78 is 0.965. The second-order valence-corrected chi connectivity index (χ2v) is 5.11. The summed E-state index contributed by atoms with van der Waals surface area (Å²) in [4.78, 5) is 12.0. The molecule has 0 radical (unpaired) electrons. The number of hydrogen-bond donors (Lipinski definition) is 1. The summed E-state index contributed by atoms with van der Waals surface area (Å²) in [5, 5.41) is 3.18. The average Bonchev–Trinajstić information content (AvgIpc) is 2.40. The third kappa shape index (κ3) is 4.07. The number of carbonyl (C=O) groups is 1. The molecule has 0 heterocycles. The zero-order chi connectivity index (χ0) is 13.7. The maximum atomic E-state index is 12.0. The molecule has 2 nitrogen and oxygen atoms in total. The smallest absolute Gasteiger partial charge is 0.187 e. The summed E-state index contributed by atoms with van der Waals surface area (Å²) in [6.45, 7) is 1.88. The molecule has 0 saturated heterocycles. The van der Waals surface area contributed by atoms with Crippen molar-refractivity contribution in [3.05, 3.63) is 76.4 Å². The van der Waals surface area contributed by atoms with Gasteiger partial charge in [-0.25, -0.2) is 0 Å². The third-order valence-corrected chi connectivity index (χ3v) is 3.12. The zero-order valence-corrected chi connectivity index (χ0v) is 12.1. The van der Waals surface area contributed by atoms with Crippen LogP contribution in [0.2, 0.25) is 0 Å². The topological polar surface area (TPSA) is 29.1 Å². The van der Waals surface area contributed by atoms with Gasteiger partial charge in [0, 0.05) is 27.5 Å². The Bertz CT molecular complexity index is 588. The molecule has 19 heavy (non-hydrogen) atoms. The van der Waals surface area contributed by atoms with E-state index in [9.17, 15) is 4.79 Å². The molecular formula is C16H14BrNO. The van der Waals surface area contributed by atoms with E-state index in [1.165, 1.54) is 0 Å². The van der Waals surface area contributed by atoms with Crippen molar-refractivity contribution in [3.63, 3.8) is 0 Å². The number of anilines is 1. The van der Waals surface area contributed by atoms with E-state index in [2.05, 4.69) is 21.2 Å². The van der Waals surface area contributed by atoms with Crippen molar-refractivity contribution < 1.29 is 4.79 Å². The van der Waals surface area contributed by atoms with Gasteiger partial charge >= 0.3 is 0 Å². The number of ketones is 1. The molecule has 0 aliphatic carbocycles. The van der Waals surface area contributed by atoms with Crippen LogP contribution in [0.4, 0.5) is 5.69 Å². The minimum atomic E-state index is -0.00608. The Hall–Kier alpha value is -1.87. The van der Waals surface area contributed by atoms with E-state index in [-0.39, 0.29) is 5.78 Å². The van der Waals surface area contributed by atoms with Crippen molar-refractivity contribution in [2.75, 3.05) is 5.32 Å². The van der Waals surface area contributed by atoms with Gasteiger partial charge in [0.25, 0.3) is 0 Å². The van der Waals surface area contributed by atoms with Crippen molar-refractivity contribution in [1.29, 1.82) is 0 Å². The van der Waals surface area contributed by atoms with Crippen molar-refractivity contribution in [1.82, 2.24) is 0 Å². The highest BCUT2D eigenvalue weighted by atomic mass is 79.9. The normalized spacial score (nSPS) is 11.2. The van der Waals surface area contributed by atoms with Crippen LogP contribution >= 0.6 is 15.9 Å². The first-order valence-electron chi connectivity index (χ1n) is 5.95. The number of rotatable bonds is 4. The van der Waals surface area contributed by atoms with E-state index in [0.717, 1.165) is 15.9 Å². The van der Waals surface area contributed by atoms with E-state index < -0.39 is 0 Å². The van der Waals surface area contributed by atoms with Gasteiger partial charge in [0.2, 0.25) is 0 Å². The molecule has 0 fully saturated rings. The van der Waals surface area contributed by atoms with E-state index in [4.69, 9.17) is 0 Å². The van der Waals surface area contributed by atoms with E-state index >= 15 is 0 Å². The summed E-state index contributed by atoms with van der Waals surface area (Å²) in [5.41, 5.74) is 2.47. The van der Waals surface area contributed by atoms with Crippen LogP contribution in [0.15, 0.2) is 70.8 Å². The van der Waals surface area contributed by atoms with Crippen molar-refractivity contribution >= 4 is 27.4 Å². The van der Waals surface area contributed by atoms with Crippen LogP contribution in [-0.2, 0) is 0 Å². The molecule has 2 aromatic carbocycles. The van der Waals surface area contributed by atoms with Gasteiger partial charge in [-0.1, -0.05) is 34.1 Å². The predicted molar refractivity (Wildman–Crippen MR) is 82.3 cm³/mol. The van der Waals surface area contributed by atoms with Gasteiger partial charge in [-0.05, 0) is 43.3 Å². The molecule has 0 aliphatic rings. The molecule has 0 aliphatic heterocycles. The highest BCUT2D eigenvalue weighted by Crippen LogP contribution is 2.13.